The molecule has 0 spiro atoms. The number of rotatable bonds is 3. The van der Waals surface area contributed by atoms with Crippen LogP contribution in [0.25, 0.3) is 0 Å². The topological polar surface area (TPSA) is 47.0 Å². The molecule has 3 rings (SSSR count). The first-order chi connectivity index (χ1) is 9.26. The molecule has 1 aromatic heterocycles. The predicted molar refractivity (Wildman–Crippen MR) is 74.7 cm³/mol. The summed E-state index contributed by atoms with van der Waals surface area (Å²) in [7, 11) is 1.53. The number of aryl methyl sites for hydroxylation is 1. The minimum atomic E-state index is 0.270. The van der Waals surface area contributed by atoms with Gasteiger partial charge < -0.3 is 10.1 Å². The van der Waals surface area contributed by atoms with Crippen LogP contribution < -0.4 is 10.1 Å². The Labute approximate surface area is 116 Å². The van der Waals surface area contributed by atoms with Crippen molar-refractivity contribution in [3.05, 3.63) is 46.6 Å². The Bertz CT molecular complexity index is 603. The molecule has 0 amide bonds. The average Bonchev–Trinajstić information content (AvgIpc) is 2.82. The standard InChI is InChI=1S/C14H14ClN3O/c1-19-14-17-12(15)8-13(18-14)16-11-7-6-9-4-2-3-5-10(9)11/h2-5,8,11H,6-7H2,1H3,(H,16,17,18). The number of nitrogens with zero attached hydrogens (tertiary/aromatic N) is 2. The van der Waals surface area contributed by atoms with E-state index in [0.717, 1.165) is 12.8 Å². The predicted octanol–water partition coefficient (Wildman–Crippen LogP) is 3.24. The molecule has 0 radical (unpaired) electrons. The van der Waals surface area contributed by atoms with Crippen molar-refractivity contribution >= 4 is 17.4 Å². The Morgan fingerprint density at radius 2 is 2.16 bits per heavy atom. The van der Waals surface area contributed by atoms with Gasteiger partial charge in [0, 0.05) is 6.07 Å². The summed E-state index contributed by atoms with van der Waals surface area (Å²) >= 11 is 5.94. The number of methoxy groups -OCH3 is 1. The molecule has 1 N–H and O–H groups in total. The maximum atomic E-state index is 5.94. The first kappa shape index (κ1) is 12.2. The van der Waals surface area contributed by atoms with Gasteiger partial charge in [-0.05, 0) is 24.0 Å². The van der Waals surface area contributed by atoms with Gasteiger partial charge in [-0.2, -0.15) is 9.97 Å². The summed E-state index contributed by atoms with van der Waals surface area (Å²) in [6.07, 6.45) is 2.15. The first-order valence-corrected chi connectivity index (χ1v) is 6.57. The number of halogens is 1. The number of aromatic nitrogens is 2. The van der Waals surface area contributed by atoms with Crippen LogP contribution in [-0.4, -0.2) is 17.1 Å². The van der Waals surface area contributed by atoms with Gasteiger partial charge in [0.1, 0.15) is 11.0 Å². The van der Waals surface area contributed by atoms with Gasteiger partial charge in [-0.1, -0.05) is 35.9 Å². The van der Waals surface area contributed by atoms with E-state index in [1.165, 1.54) is 18.2 Å². The fourth-order valence-electron chi connectivity index (χ4n) is 2.45. The Morgan fingerprint density at radius 3 is 3.00 bits per heavy atom. The molecule has 1 aromatic carbocycles. The maximum Gasteiger partial charge on any atom is 0.319 e. The van der Waals surface area contributed by atoms with Gasteiger partial charge in [-0.25, -0.2) is 0 Å². The minimum Gasteiger partial charge on any atom is -0.467 e. The van der Waals surface area contributed by atoms with Crippen molar-refractivity contribution in [2.75, 3.05) is 12.4 Å². The zero-order valence-corrected chi connectivity index (χ0v) is 11.3. The highest BCUT2D eigenvalue weighted by Crippen LogP contribution is 2.33. The zero-order chi connectivity index (χ0) is 13.2. The second-order valence-corrected chi connectivity index (χ2v) is 4.88. The lowest BCUT2D eigenvalue weighted by molar-refractivity contribution is 0.380. The van der Waals surface area contributed by atoms with Crippen molar-refractivity contribution < 1.29 is 4.74 Å². The highest BCUT2D eigenvalue weighted by Gasteiger charge is 2.22. The Morgan fingerprint density at radius 1 is 1.32 bits per heavy atom. The van der Waals surface area contributed by atoms with E-state index in [1.807, 2.05) is 0 Å². The van der Waals surface area contributed by atoms with Crippen molar-refractivity contribution in [3.63, 3.8) is 0 Å². The molecule has 98 valence electrons. The van der Waals surface area contributed by atoms with Crippen LogP contribution in [0.5, 0.6) is 6.01 Å². The van der Waals surface area contributed by atoms with E-state index in [4.69, 9.17) is 16.3 Å². The van der Waals surface area contributed by atoms with Crippen LogP contribution in [0.15, 0.2) is 30.3 Å². The Kier molecular flexibility index (Phi) is 3.25. The molecule has 4 nitrogen and oxygen atoms in total. The Balaban J connectivity index is 1.85. The summed E-state index contributed by atoms with van der Waals surface area (Å²) in [5.41, 5.74) is 2.73. The molecule has 5 heteroatoms. The van der Waals surface area contributed by atoms with Crippen molar-refractivity contribution in [1.29, 1.82) is 0 Å². The summed E-state index contributed by atoms with van der Waals surface area (Å²) in [6.45, 7) is 0. The summed E-state index contributed by atoms with van der Waals surface area (Å²) < 4.78 is 5.02. The molecule has 19 heavy (non-hydrogen) atoms. The van der Waals surface area contributed by atoms with Crippen LogP contribution in [-0.2, 0) is 6.42 Å². The quantitative estimate of drug-likeness (QED) is 0.874. The number of benzene rings is 1. The van der Waals surface area contributed by atoms with Gasteiger partial charge >= 0.3 is 6.01 Å². The van der Waals surface area contributed by atoms with Crippen molar-refractivity contribution in [2.24, 2.45) is 0 Å². The summed E-state index contributed by atoms with van der Waals surface area (Å²) in [5, 5.41) is 3.77. The van der Waals surface area contributed by atoms with Gasteiger partial charge in [-0.3, -0.25) is 0 Å². The van der Waals surface area contributed by atoms with Crippen LogP contribution >= 0.6 is 11.6 Å². The largest absolute Gasteiger partial charge is 0.467 e. The third kappa shape index (κ3) is 2.49. The molecule has 0 bridgehead atoms. The number of fused-ring (bicyclic) bond motifs is 1. The SMILES string of the molecule is COc1nc(Cl)cc(NC2CCc3ccccc32)n1. The lowest BCUT2D eigenvalue weighted by Crippen LogP contribution is -2.09. The molecule has 0 saturated carbocycles. The molecule has 1 heterocycles. The van der Waals surface area contributed by atoms with E-state index in [9.17, 15) is 0 Å². The van der Waals surface area contributed by atoms with Gasteiger partial charge in [-0.15, -0.1) is 0 Å². The monoisotopic (exact) mass is 275 g/mol. The third-order valence-corrected chi connectivity index (χ3v) is 3.51. The van der Waals surface area contributed by atoms with Gasteiger partial charge in [0.2, 0.25) is 0 Å². The highest BCUT2D eigenvalue weighted by molar-refractivity contribution is 6.29. The normalized spacial score (nSPS) is 17.1. The number of hydrogen-bond acceptors (Lipinski definition) is 4. The zero-order valence-electron chi connectivity index (χ0n) is 10.6. The molecule has 2 aromatic rings. The molecule has 0 saturated heterocycles. The summed E-state index contributed by atoms with van der Waals surface area (Å²) in [4.78, 5) is 8.22. The van der Waals surface area contributed by atoms with Crippen LogP contribution in [0.4, 0.5) is 5.82 Å². The number of ether oxygens (including phenoxy) is 1. The van der Waals surface area contributed by atoms with E-state index in [-0.39, 0.29) is 12.1 Å². The summed E-state index contributed by atoms with van der Waals surface area (Å²) in [6, 6.07) is 10.7. The van der Waals surface area contributed by atoms with Gasteiger partial charge in [0.15, 0.2) is 0 Å². The minimum absolute atomic E-state index is 0.270. The lowest BCUT2D eigenvalue weighted by Gasteiger charge is -2.15. The molecule has 1 aliphatic rings. The van der Waals surface area contributed by atoms with Gasteiger partial charge in [0.05, 0.1) is 13.2 Å². The smallest absolute Gasteiger partial charge is 0.319 e. The second kappa shape index (κ2) is 5.05. The van der Waals surface area contributed by atoms with E-state index < -0.39 is 0 Å². The Hall–Kier alpha value is -1.81. The lowest BCUT2D eigenvalue weighted by atomic mass is 10.1. The van der Waals surface area contributed by atoms with E-state index >= 15 is 0 Å². The van der Waals surface area contributed by atoms with Crippen LogP contribution in [0.3, 0.4) is 0 Å². The number of hydrogen-bond donors (Lipinski definition) is 1. The van der Waals surface area contributed by atoms with E-state index in [1.54, 1.807) is 6.07 Å². The number of nitrogens with one attached hydrogen (secondary N) is 1. The molecular weight excluding hydrogens is 262 g/mol. The summed E-state index contributed by atoms with van der Waals surface area (Å²) in [5.74, 6) is 0.693. The van der Waals surface area contributed by atoms with Crippen molar-refractivity contribution in [3.8, 4) is 6.01 Å². The van der Waals surface area contributed by atoms with Crippen LogP contribution in [0.2, 0.25) is 5.15 Å². The fraction of sp³-hybridized carbons (Fsp3) is 0.286. The second-order valence-electron chi connectivity index (χ2n) is 4.50. The van der Waals surface area contributed by atoms with Crippen molar-refractivity contribution in [2.45, 2.75) is 18.9 Å². The fourth-order valence-corrected chi connectivity index (χ4v) is 2.62. The number of anilines is 1. The highest BCUT2D eigenvalue weighted by atomic mass is 35.5. The molecule has 1 atom stereocenters. The van der Waals surface area contributed by atoms with Crippen LogP contribution in [0, 0.1) is 0 Å². The molecular formula is C14H14ClN3O. The molecule has 1 aliphatic carbocycles. The van der Waals surface area contributed by atoms with Crippen LogP contribution in [0.1, 0.15) is 23.6 Å². The first-order valence-electron chi connectivity index (χ1n) is 6.19. The molecule has 1 unspecified atom stereocenters. The van der Waals surface area contributed by atoms with Crippen molar-refractivity contribution in [1.82, 2.24) is 9.97 Å². The maximum absolute atomic E-state index is 5.94. The van der Waals surface area contributed by atoms with Gasteiger partial charge in [0.25, 0.3) is 0 Å². The third-order valence-electron chi connectivity index (χ3n) is 3.31. The van der Waals surface area contributed by atoms with E-state index in [0.29, 0.717) is 11.0 Å². The van der Waals surface area contributed by atoms with E-state index in [2.05, 4.69) is 39.6 Å². The molecule has 0 fully saturated rings. The molecule has 0 aliphatic heterocycles. The average molecular weight is 276 g/mol.